The summed E-state index contributed by atoms with van der Waals surface area (Å²) >= 11 is 0. The predicted octanol–water partition coefficient (Wildman–Crippen LogP) is 3.78. The molecule has 0 aliphatic carbocycles. The molecule has 2 nitrogen and oxygen atoms in total. The van der Waals surface area contributed by atoms with E-state index in [9.17, 15) is 4.39 Å². The van der Waals surface area contributed by atoms with Crippen LogP contribution in [-0.4, -0.2) is 6.61 Å². The minimum absolute atomic E-state index is 0.217. The molecule has 20 heavy (non-hydrogen) atoms. The molecule has 0 heterocycles. The summed E-state index contributed by atoms with van der Waals surface area (Å²) in [5.41, 5.74) is 8.99. The summed E-state index contributed by atoms with van der Waals surface area (Å²) in [6.07, 6.45) is 1.01. The topological polar surface area (TPSA) is 35.2 Å². The Kier molecular flexibility index (Phi) is 4.74. The van der Waals surface area contributed by atoms with Crippen LogP contribution >= 0.6 is 0 Å². The van der Waals surface area contributed by atoms with Crippen molar-refractivity contribution in [3.63, 3.8) is 0 Å². The van der Waals surface area contributed by atoms with Crippen LogP contribution in [-0.2, 0) is 6.42 Å². The van der Waals surface area contributed by atoms with E-state index in [1.54, 1.807) is 19.1 Å². The molecular formula is C17H20FNO. The van der Waals surface area contributed by atoms with Crippen molar-refractivity contribution < 1.29 is 9.13 Å². The Morgan fingerprint density at radius 1 is 1.15 bits per heavy atom. The number of halogens is 1. The van der Waals surface area contributed by atoms with Crippen molar-refractivity contribution in [1.82, 2.24) is 0 Å². The van der Waals surface area contributed by atoms with E-state index in [4.69, 9.17) is 10.5 Å². The largest absolute Gasteiger partial charge is 0.492 e. The second-order valence-electron chi connectivity index (χ2n) is 4.92. The van der Waals surface area contributed by atoms with E-state index in [-0.39, 0.29) is 11.9 Å². The van der Waals surface area contributed by atoms with Gasteiger partial charge in [-0.25, -0.2) is 4.39 Å². The van der Waals surface area contributed by atoms with Gasteiger partial charge in [-0.2, -0.15) is 0 Å². The van der Waals surface area contributed by atoms with Gasteiger partial charge in [0.25, 0.3) is 0 Å². The maximum absolute atomic E-state index is 13.4. The fourth-order valence-corrected chi connectivity index (χ4v) is 1.95. The van der Waals surface area contributed by atoms with E-state index in [1.807, 2.05) is 12.1 Å². The molecule has 0 aliphatic heterocycles. The number of nitrogens with two attached hydrogens (primary N) is 1. The maximum Gasteiger partial charge on any atom is 0.129 e. The van der Waals surface area contributed by atoms with Gasteiger partial charge in [0.05, 0.1) is 6.04 Å². The predicted molar refractivity (Wildman–Crippen MR) is 79.4 cm³/mol. The van der Waals surface area contributed by atoms with E-state index in [0.717, 1.165) is 12.0 Å². The van der Waals surface area contributed by atoms with Crippen LogP contribution in [0.4, 0.5) is 4.39 Å². The second-order valence-corrected chi connectivity index (χ2v) is 4.92. The van der Waals surface area contributed by atoms with Crippen molar-refractivity contribution >= 4 is 0 Å². The Bertz CT molecular complexity index is 566. The summed E-state index contributed by atoms with van der Waals surface area (Å²) in [5.74, 6) is 0.247. The summed E-state index contributed by atoms with van der Waals surface area (Å²) in [4.78, 5) is 0. The first-order valence-electron chi connectivity index (χ1n) is 6.83. The lowest BCUT2D eigenvalue weighted by Crippen LogP contribution is -2.19. The lowest BCUT2D eigenvalue weighted by Gasteiger charge is -2.14. The minimum atomic E-state index is -0.261. The van der Waals surface area contributed by atoms with Crippen LogP contribution in [0.2, 0.25) is 0 Å². The van der Waals surface area contributed by atoms with E-state index < -0.39 is 0 Å². The Morgan fingerprint density at radius 3 is 2.45 bits per heavy atom. The Balaban J connectivity index is 1.96. The summed E-state index contributed by atoms with van der Waals surface area (Å²) in [6.45, 7) is 4.16. The zero-order valence-electron chi connectivity index (χ0n) is 11.9. The lowest BCUT2D eigenvalue weighted by molar-refractivity contribution is 0.289. The van der Waals surface area contributed by atoms with Gasteiger partial charge in [0.2, 0.25) is 0 Å². The number of aryl methyl sites for hydroxylation is 2. The normalized spacial score (nSPS) is 12.2. The molecule has 0 aliphatic rings. The molecule has 1 unspecified atom stereocenters. The summed E-state index contributed by atoms with van der Waals surface area (Å²) in [6, 6.07) is 12.8. The molecule has 0 radical (unpaired) electrons. The lowest BCUT2D eigenvalue weighted by atomic mass is 10.1. The van der Waals surface area contributed by atoms with Crippen molar-refractivity contribution in [3.8, 4) is 5.75 Å². The summed E-state index contributed by atoms with van der Waals surface area (Å²) in [5, 5.41) is 0. The van der Waals surface area contributed by atoms with Gasteiger partial charge in [0.15, 0.2) is 0 Å². The van der Waals surface area contributed by atoms with Crippen LogP contribution < -0.4 is 10.5 Å². The Labute approximate surface area is 119 Å². The molecule has 2 aromatic rings. The van der Waals surface area contributed by atoms with Crippen molar-refractivity contribution in [2.24, 2.45) is 5.73 Å². The number of rotatable bonds is 5. The molecule has 0 spiro atoms. The van der Waals surface area contributed by atoms with Crippen LogP contribution in [0, 0.1) is 12.7 Å². The standard InChI is InChI=1S/C17H20FNO/c1-3-13-5-7-14(8-6-13)17(19)11-20-15-9-4-12(2)16(18)10-15/h4-10,17H,3,11,19H2,1-2H3. The molecule has 0 aromatic heterocycles. The average molecular weight is 273 g/mol. The van der Waals surface area contributed by atoms with Gasteiger partial charge in [-0.05, 0) is 36.1 Å². The number of benzene rings is 2. The zero-order chi connectivity index (χ0) is 14.5. The molecule has 2 rings (SSSR count). The highest BCUT2D eigenvalue weighted by Gasteiger charge is 2.08. The first-order valence-corrected chi connectivity index (χ1v) is 6.83. The highest BCUT2D eigenvalue weighted by atomic mass is 19.1. The minimum Gasteiger partial charge on any atom is -0.492 e. The molecule has 0 saturated carbocycles. The fraction of sp³-hybridized carbons (Fsp3) is 0.294. The Hall–Kier alpha value is -1.87. The summed E-state index contributed by atoms with van der Waals surface area (Å²) in [7, 11) is 0. The average Bonchev–Trinajstić information content (AvgIpc) is 2.48. The molecule has 3 heteroatoms. The highest BCUT2D eigenvalue weighted by molar-refractivity contribution is 5.29. The maximum atomic E-state index is 13.4. The third-order valence-corrected chi connectivity index (χ3v) is 3.39. The van der Waals surface area contributed by atoms with Gasteiger partial charge < -0.3 is 10.5 Å². The fourth-order valence-electron chi connectivity index (χ4n) is 1.95. The molecule has 1 atom stereocenters. The molecule has 0 fully saturated rings. The molecule has 0 saturated heterocycles. The Morgan fingerprint density at radius 2 is 1.85 bits per heavy atom. The zero-order valence-corrected chi connectivity index (χ0v) is 11.9. The van der Waals surface area contributed by atoms with Crippen LogP contribution in [0.25, 0.3) is 0 Å². The molecule has 0 amide bonds. The van der Waals surface area contributed by atoms with Crippen molar-refractivity contribution in [3.05, 3.63) is 65.0 Å². The summed E-state index contributed by atoms with van der Waals surface area (Å²) < 4.78 is 18.9. The third kappa shape index (κ3) is 3.58. The smallest absolute Gasteiger partial charge is 0.129 e. The highest BCUT2D eigenvalue weighted by Crippen LogP contribution is 2.18. The first kappa shape index (κ1) is 14.5. The second kappa shape index (κ2) is 6.53. The quantitative estimate of drug-likeness (QED) is 0.900. The van der Waals surface area contributed by atoms with Crippen molar-refractivity contribution in [2.45, 2.75) is 26.3 Å². The van der Waals surface area contributed by atoms with Gasteiger partial charge in [-0.3, -0.25) is 0 Å². The van der Waals surface area contributed by atoms with Crippen LogP contribution in [0.3, 0.4) is 0 Å². The molecule has 106 valence electrons. The van der Waals surface area contributed by atoms with Gasteiger partial charge in [-0.1, -0.05) is 37.3 Å². The van der Waals surface area contributed by atoms with E-state index in [0.29, 0.717) is 17.9 Å². The van der Waals surface area contributed by atoms with E-state index in [2.05, 4.69) is 19.1 Å². The molecule has 2 N–H and O–H groups in total. The van der Waals surface area contributed by atoms with Crippen molar-refractivity contribution in [1.29, 1.82) is 0 Å². The first-order chi connectivity index (χ1) is 9.60. The van der Waals surface area contributed by atoms with Gasteiger partial charge in [0, 0.05) is 6.07 Å². The molecular weight excluding hydrogens is 253 g/mol. The van der Waals surface area contributed by atoms with Crippen LogP contribution in [0.1, 0.15) is 29.7 Å². The van der Waals surface area contributed by atoms with E-state index >= 15 is 0 Å². The van der Waals surface area contributed by atoms with Gasteiger partial charge >= 0.3 is 0 Å². The van der Waals surface area contributed by atoms with Crippen molar-refractivity contribution in [2.75, 3.05) is 6.61 Å². The monoisotopic (exact) mass is 273 g/mol. The third-order valence-electron chi connectivity index (χ3n) is 3.39. The SMILES string of the molecule is CCc1ccc(C(N)COc2ccc(C)c(F)c2)cc1. The number of ether oxygens (including phenoxy) is 1. The van der Waals surface area contributed by atoms with Crippen LogP contribution in [0.5, 0.6) is 5.75 Å². The molecule has 0 bridgehead atoms. The molecule has 2 aromatic carbocycles. The van der Waals surface area contributed by atoms with Gasteiger partial charge in [0.1, 0.15) is 18.2 Å². The number of hydrogen-bond donors (Lipinski definition) is 1. The van der Waals surface area contributed by atoms with Crippen LogP contribution in [0.15, 0.2) is 42.5 Å². The van der Waals surface area contributed by atoms with Gasteiger partial charge in [-0.15, -0.1) is 0 Å². The number of hydrogen-bond acceptors (Lipinski definition) is 2. The van der Waals surface area contributed by atoms with E-state index in [1.165, 1.54) is 11.6 Å².